The molecule has 7 heteroatoms. The van der Waals surface area contributed by atoms with E-state index in [2.05, 4.69) is 10.3 Å². The van der Waals surface area contributed by atoms with Crippen LogP contribution in [0.2, 0.25) is 5.02 Å². The lowest BCUT2D eigenvalue weighted by Crippen LogP contribution is -2.30. The molecule has 6 nitrogen and oxygen atoms in total. The number of nitrogens with zero attached hydrogens (tertiary/aromatic N) is 1. The zero-order chi connectivity index (χ0) is 21.3. The van der Waals surface area contributed by atoms with Crippen molar-refractivity contribution in [2.45, 2.75) is 19.8 Å². The topological polar surface area (TPSA) is 74.4 Å². The van der Waals surface area contributed by atoms with E-state index in [1.807, 2.05) is 43.5 Å². The van der Waals surface area contributed by atoms with Crippen molar-refractivity contribution in [3.8, 4) is 5.75 Å². The number of anilines is 1. The zero-order valence-electron chi connectivity index (χ0n) is 17.0. The third kappa shape index (κ3) is 4.14. The van der Waals surface area contributed by atoms with Crippen LogP contribution in [0.5, 0.6) is 5.75 Å². The van der Waals surface area contributed by atoms with Gasteiger partial charge in [0, 0.05) is 47.3 Å². The number of aromatic amines is 1. The number of aromatic nitrogens is 1. The molecule has 1 aliphatic heterocycles. The molecule has 2 heterocycles. The Bertz CT molecular complexity index is 1110. The summed E-state index contributed by atoms with van der Waals surface area (Å²) in [6.45, 7) is 2.91. The summed E-state index contributed by atoms with van der Waals surface area (Å²) in [6, 6.07) is 11.3. The van der Waals surface area contributed by atoms with Gasteiger partial charge in [-0.2, -0.15) is 0 Å². The van der Waals surface area contributed by atoms with Crippen LogP contribution in [0.1, 0.15) is 17.5 Å². The Morgan fingerprint density at radius 2 is 2.13 bits per heavy atom. The molecule has 4 rings (SSSR count). The quantitative estimate of drug-likeness (QED) is 0.622. The van der Waals surface area contributed by atoms with Gasteiger partial charge in [0.2, 0.25) is 11.8 Å². The largest absolute Gasteiger partial charge is 0.497 e. The Kier molecular flexibility index (Phi) is 5.68. The van der Waals surface area contributed by atoms with Gasteiger partial charge in [-0.15, -0.1) is 0 Å². The average Bonchev–Trinajstić information content (AvgIpc) is 3.31. The second kappa shape index (κ2) is 8.40. The number of hydrogen-bond acceptors (Lipinski definition) is 3. The van der Waals surface area contributed by atoms with Crippen LogP contribution in [0.25, 0.3) is 10.9 Å². The number of H-pyrrole nitrogens is 1. The monoisotopic (exact) mass is 425 g/mol. The highest BCUT2D eigenvalue weighted by Crippen LogP contribution is 2.26. The molecule has 2 amide bonds. The fourth-order valence-electron chi connectivity index (χ4n) is 3.83. The molecule has 1 saturated heterocycles. The number of carbonyl (C=O) groups is 2. The maximum atomic E-state index is 12.6. The molecule has 0 radical (unpaired) electrons. The molecule has 0 bridgehead atoms. The van der Waals surface area contributed by atoms with Gasteiger partial charge in [0.15, 0.2) is 0 Å². The number of halogens is 1. The summed E-state index contributed by atoms with van der Waals surface area (Å²) in [6.07, 6.45) is 2.91. The first-order valence-electron chi connectivity index (χ1n) is 9.93. The van der Waals surface area contributed by atoms with Crippen LogP contribution in [-0.4, -0.2) is 41.9 Å². The molecule has 1 aliphatic rings. The number of benzene rings is 2. The van der Waals surface area contributed by atoms with E-state index in [9.17, 15) is 9.59 Å². The molecule has 1 fully saturated rings. The molecule has 3 aromatic rings. The maximum Gasteiger partial charge on any atom is 0.229 e. The molecule has 0 unspecified atom stereocenters. The standard InChI is InChI=1S/C23H24ClN3O3/c1-14-3-4-17(10-20(14)24)26-23(29)16-9-22(28)27(13-16)8-7-15-12-25-21-6-5-18(30-2)11-19(15)21/h3-6,10-12,16,25H,7-9,13H2,1-2H3,(H,26,29)/t16-/m1/s1. The maximum absolute atomic E-state index is 12.6. The lowest BCUT2D eigenvalue weighted by molar-refractivity contribution is -0.128. The van der Waals surface area contributed by atoms with E-state index in [1.165, 1.54) is 0 Å². The van der Waals surface area contributed by atoms with Gasteiger partial charge >= 0.3 is 0 Å². The van der Waals surface area contributed by atoms with Crippen LogP contribution < -0.4 is 10.1 Å². The summed E-state index contributed by atoms with van der Waals surface area (Å²) in [4.78, 5) is 30.1. The Morgan fingerprint density at radius 1 is 1.30 bits per heavy atom. The lowest BCUT2D eigenvalue weighted by atomic mass is 10.1. The van der Waals surface area contributed by atoms with E-state index in [0.29, 0.717) is 30.2 Å². The summed E-state index contributed by atoms with van der Waals surface area (Å²) in [7, 11) is 1.64. The van der Waals surface area contributed by atoms with E-state index in [4.69, 9.17) is 16.3 Å². The van der Waals surface area contributed by atoms with Crippen molar-refractivity contribution in [2.24, 2.45) is 5.92 Å². The summed E-state index contributed by atoms with van der Waals surface area (Å²) in [5, 5.41) is 4.57. The fraction of sp³-hybridized carbons (Fsp3) is 0.304. The molecular formula is C23H24ClN3O3. The van der Waals surface area contributed by atoms with Gasteiger partial charge in [-0.1, -0.05) is 17.7 Å². The van der Waals surface area contributed by atoms with Crippen LogP contribution in [0.4, 0.5) is 5.69 Å². The molecular weight excluding hydrogens is 402 g/mol. The van der Waals surface area contributed by atoms with Crippen molar-refractivity contribution in [1.82, 2.24) is 9.88 Å². The Balaban J connectivity index is 1.38. The Morgan fingerprint density at radius 3 is 2.90 bits per heavy atom. The van der Waals surface area contributed by atoms with Crippen LogP contribution in [0.15, 0.2) is 42.6 Å². The van der Waals surface area contributed by atoms with E-state index in [-0.39, 0.29) is 24.2 Å². The van der Waals surface area contributed by atoms with Crippen molar-refractivity contribution >= 4 is 40.0 Å². The molecule has 0 spiro atoms. The van der Waals surface area contributed by atoms with Gasteiger partial charge in [-0.05, 0) is 54.8 Å². The highest BCUT2D eigenvalue weighted by atomic mass is 35.5. The second-order valence-electron chi connectivity index (χ2n) is 7.67. The number of likely N-dealkylation sites (tertiary alicyclic amines) is 1. The van der Waals surface area contributed by atoms with Crippen molar-refractivity contribution in [1.29, 1.82) is 0 Å². The van der Waals surface area contributed by atoms with E-state index >= 15 is 0 Å². The van der Waals surface area contributed by atoms with Crippen molar-refractivity contribution in [3.05, 3.63) is 58.7 Å². The summed E-state index contributed by atoms with van der Waals surface area (Å²) in [5.41, 5.74) is 3.76. The molecule has 156 valence electrons. The Labute approximate surface area is 180 Å². The van der Waals surface area contributed by atoms with Crippen LogP contribution in [0, 0.1) is 12.8 Å². The number of nitrogens with one attached hydrogen (secondary N) is 2. The van der Waals surface area contributed by atoms with Crippen LogP contribution in [-0.2, 0) is 16.0 Å². The average molecular weight is 426 g/mol. The Hall–Kier alpha value is -2.99. The summed E-state index contributed by atoms with van der Waals surface area (Å²) >= 11 is 6.13. The van der Waals surface area contributed by atoms with E-state index < -0.39 is 0 Å². The van der Waals surface area contributed by atoms with Crippen LogP contribution in [0.3, 0.4) is 0 Å². The predicted octanol–water partition coefficient (Wildman–Crippen LogP) is 4.17. The van der Waals surface area contributed by atoms with Gasteiger partial charge in [-0.3, -0.25) is 9.59 Å². The number of ether oxygens (including phenoxy) is 1. The van der Waals surface area contributed by atoms with Crippen molar-refractivity contribution in [2.75, 3.05) is 25.5 Å². The third-order valence-corrected chi connectivity index (χ3v) is 6.06. The lowest BCUT2D eigenvalue weighted by Gasteiger charge is -2.16. The molecule has 2 aromatic carbocycles. The molecule has 1 atom stereocenters. The number of carbonyl (C=O) groups excluding carboxylic acids is 2. The SMILES string of the molecule is COc1ccc2[nH]cc(CCN3C[C@H](C(=O)Nc4ccc(C)c(Cl)c4)CC3=O)c2c1. The summed E-state index contributed by atoms with van der Waals surface area (Å²) < 4.78 is 5.31. The third-order valence-electron chi connectivity index (χ3n) is 5.65. The number of rotatable bonds is 6. The number of amides is 2. The van der Waals surface area contributed by atoms with Gasteiger partial charge in [0.1, 0.15) is 5.75 Å². The van der Waals surface area contributed by atoms with E-state index in [0.717, 1.165) is 27.8 Å². The second-order valence-corrected chi connectivity index (χ2v) is 8.08. The molecule has 30 heavy (non-hydrogen) atoms. The highest BCUT2D eigenvalue weighted by Gasteiger charge is 2.34. The number of fused-ring (bicyclic) bond motifs is 1. The van der Waals surface area contributed by atoms with Crippen LogP contribution >= 0.6 is 11.6 Å². The number of methoxy groups -OCH3 is 1. The number of aryl methyl sites for hydroxylation is 1. The van der Waals surface area contributed by atoms with Crippen molar-refractivity contribution < 1.29 is 14.3 Å². The smallest absolute Gasteiger partial charge is 0.229 e. The van der Waals surface area contributed by atoms with Gasteiger partial charge in [0.25, 0.3) is 0 Å². The minimum Gasteiger partial charge on any atom is -0.497 e. The van der Waals surface area contributed by atoms with Gasteiger partial charge < -0.3 is 19.9 Å². The summed E-state index contributed by atoms with van der Waals surface area (Å²) in [5.74, 6) is 0.297. The zero-order valence-corrected chi connectivity index (χ0v) is 17.8. The highest BCUT2D eigenvalue weighted by molar-refractivity contribution is 6.31. The first-order valence-corrected chi connectivity index (χ1v) is 10.3. The molecule has 0 aliphatic carbocycles. The minimum atomic E-state index is -0.361. The predicted molar refractivity (Wildman–Crippen MR) is 118 cm³/mol. The first-order chi connectivity index (χ1) is 14.4. The van der Waals surface area contributed by atoms with Gasteiger partial charge in [0.05, 0.1) is 13.0 Å². The molecule has 0 saturated carbocycles. The minimum absolute atomic E-state index is 0.00881. The van der Waals surface area contributed by atoms with E-state index in [1.54, 1.807) is 18.1 Å². The first kappa shape index (κ1) is 20.3. The fourth-order valence-corrected chi connectivity index (χ4v) is 4.01. The normalized spacial score (nSPS) is 16.3. The van der Waals surface area contributed by atoms with Gasteiger partial charge in [-0.25, -0.2) is 0 Å². The molecule has 1 aromatic heterocycles. The number of hydrogen-bond donors (Lipinski definition) is 2. The molecule has 2 N–H and O–H groups in total. The van der Waals surface area contributed by atoms with Crippen molar-refractivity contribution in [3.63, 3.8) is 0 Å².